The molecule has 1 aromatic heterocycles. The standard InChI is InChI=1S/C15H18ClN3/c1-9-13(15(16)19(2)18-9)8-11-7-10-5-3-4-6-12(10)14(11)17/h3-6,11,14H,7-8,17H2,1-2H3. The minimum absolute atomic E-state index is 0.104. The number of fused-ring (bicyclic) bond motifs is 1. The molecule has 0 radical (unpaired) electrons. The number of rotatable bonds is 2. The van der Waals surface area contributed by atoms with E-state index in [1.807, 2.05) is 14.0 Å². The summed E-state index contributed by atoms with van der Waals surface area (Å²) in [6.45, 7) is 2.01. The molecule has 19 heavy (non-hydrogen) atoms. The zero-order valence-electron chi connectivity index (χ0n) is 11.2. The average molecular weight is 276 g/mol. The lowest BCUT2D eigenvalue weighted by atomic mass is 9.94. The quantitative estimate of drug-likeness (QED) is 0.916. The van der Waals surface area contributed by atoms with Gasteiger partial charge in [-0.3, -0.25) is 4.68 Å². The fourth-order valence-corrected chi connectivity index (χ4v) is 3.33. The van der Waals surface area contributed by atoms with Crippen molar-refractivity contribution in [2.75, 3.05) is 0 Å². The summed E-state index contributed by atoms with van der Waals surface area (Å²) in [4.78, 5) is 0. The first-order chi connectivity index (χ1) is 9.08. The van der Waals surface area contributed by atoms with E-state index in [0.717, 1.165) is 29.3 Å². The van der Waals surface area contributed by atoms with Crippen LogP contribution in [-0.2, 0) is 19.9 Å². The van der Waals surface area contributed by atoms with Crippen LogP contribution in [0.3, 0.4) is 0 Å². The number of aromatic nitrogens is 2. The Balaban J connectivity index is 1.87. The van der Waals surface area contributed by atoms with Gasteiger partial charge in [-0.2, -0.15) is 5.10 Å². The molecule has 3 nitrogen and oxygen atoms in total. The van der Waals surface area contributed by atoms with Crippen LogP contribution in [0.25, 0.3) is 0 Å². The molecule has 0 saturated carbocycles. The van der Waals surface area contributed by atoms with Gasteiger partial charge in [0.15, 0.2) is 0 Å². The van der Waals surface area contributed by atoms with Gasteiger partial charge in [0, 0.05) is 18.7 Å². The molecule has 1 aromatic carbocycles. The molecule has 0 aliphatic heterocycles. The van der Waals surface area contributed by atoms with Crippen LogP contribution in [0, 0.1) is 12.8 Å². The Morgan fingerprint density at radius 3 is 2.79 bits per heavy atom. The lowest BCUT2D eigenvalue weighted by molar-refractivity contribution is 0.464. The second-order valence-electron chi connectivity index (χ2n) is 5.37. The topological polar surface area (TPSA) is 43.8 Å². The van der Waals surface area contributed by atoms with Crippen LogP contribution in [0.4, 0.5) is 0 Å². The summed E-state index contributed by atoms with van der Waals surface area (Å²) in [5.74, 6) is 0.415. The maximum absolute atomic E-state index is 6.38. The van der Waals surface area contributed by atoms with Gasteiger partial charge in [0.2, 0.25) is 0 Å². The zero-order chi connectivity index (χ0) is 13.6. The van der Waals surface area contributed by atoms with Crippen molar-refractivity contribution in [2.24, 2.45) is 18.7 Å². The first-order valence-electron chi connectivity index (χ1n) is 6.59. The SMILES string of the molecule is Cc1nn(C)c(Cl)c1CC1Cc2ccccc2C1N. The molecule has 1 aliphatic rings. The fourth-order valence-electron chi connectivity index (χ4n) is 3.08. The molecule has 3 rings (SSSR count). The highest BCUT2D eigenvalue weighted by Gasteiger charge is 2.30. The lowest BCUT2D eigenvalue weighted by Gasteiger charge is -2.15. The van der Waals surface area contributed by atoms with Crippen LogP contribution >= 0.6 is 11.6 Å². The van der Waals surface area contributed by atoms with E-state index in [-0.39, 0.29) is 6.04 Å². The maximum Gasteiger partial charge on any atom is 0.130 e. The number of nitrogens with zero attached hydrogens (tertiary/aromatic N) is 2. The number of halogens is 1. The number of hydrogen-bond acceptors (Lipinski definition) is 2. The second kappa shape index (κ2) is 4.66. The molecule has 2 aromatic rings. The van der Waals surface area contributed by atoms with E-state index in [2.05, 4.69) is 29.4 Å². The van der Waals surface area contributed by atoms with Gasteiger partial charge in [-0.05, 0) is 36.8 Å². The molecule has 2 atom stereocenters. The normalized spacial score (nSPS) is 21.7. The summed E-state index contributed by atoms with van der Waals surface area (Å²) < 4.78 is 1.74. The molecule has 100 valence electrons. The van der Waals surface area contributed by atoms with Crippen molar-refractivity contribution < 1.29 is 0 Å². The fraction of sp³-hybridized carbons (Fsp3) is 0.400. The number of benzene rings is 1. The van der Waals surface area contributed by atoms with E-state index in [9.17, 15) is 0 Å². The molecule has 0 fully saturated rings. The van der Waals surface area contributed by atoms with Crippen LogP contribution < -0.4 is 5.73 Å². The van der Waals surface area contributed by atoms with Crippen LogP contribution in [0.15, 0.2) is 24.3 Å². The highest BCUT2D eigenvalue weighted by atomic mass is 35.5. The van der Waals surface area contributed by atoms with Crippen LogP contribution in [0.2, 0.25) is 5.15 Å². The third-order valence-corrected chi connectivity index (χ3v) is 4.61. The summed E-state index contributed by atoms with van der Waals surface area (Å²) in [6, 6.07) is 8.55. The van der Waals surface area contributed by atoms with Crippen molar-refractivity contribution in [1.29, 1.82) is 0 Å². The Morgan fingerprint density at radius 2 is 2.16 bits per heavy atom. The third-order valence-electron chi connectivity index (χ3n) is 4.14. The Bertz CT molecular complexity index is 618. The van der Waals surface area contributed by atoms with Gasteiger partial charge in [0.05, 0.1) is 5.69 Å². The van der Waals surface area contributed by atoms with E-state index in [1.165, 1.54) is 11.1 Å². The molecule has 1 heterocycles. The first-order valence-corrected chi connectivity index (χ1v) is 6.97. The highest BCUT2D eigenvalue weighted by molar-refractivity contribution is 6.30. The Kier molecular flexibility index (Phi) is 3.11. The molecular formula is C15H18ClN3. The maximum atomic E-state index is 6.38. The van der Waals surface area contributed by atoms with Gasteiger partial charge in [-0.25, -0.2) is 0 Å². The van der Waals surface area contributed by atoms with Crippen LogP contribution in [0.5, 0.6) is 0 Å². The largest absolute Gasteiger partial charge is 0.324 e. The molecular weight excluding hydrogens is 258 g/mol. The summed E-state index contributed by atoms with van der Waals surface area (Å²) in [7, 11) is 1.88. The van der Waals surface area contributed by atoms with E-state index >= 15 is 0 Å². The average Bonchev–Trinajstić information content (AvgIpc) is 2.83. The smallest absolute Gasteiger partial charge is 0.130 e. The number of nitrogens with two attached hydrogens (primary N) is 1. The molecule has 2 unspecified atom stereocenters. The van der Waals surface area contributed by atoms with Crippen LogP contribution in [-0.4, -0.2) is 9.78 Å². The van der Waals surface area contributed by atoms with E-state index in [1.54, 1.807) is 4.68 Å². The molecule has 0 bridgehead atoms. The van der Waals surface area contributed by atoms with E-state index in [4.69, 9.17) is 17.3 Å². The van der Waals surface area contributed by atoms with E-state index < -0.39 is 0 Å². The summed E-state index contributed by atoms with van der Waals surface area (Å²) in [5.41, 5.74) is 11.2. The van der Waals surface area contributed by atoms with Crippen molar-refractivity contribution in [2.45, 2.75) is 25.8 Å². The van der Waals surface area contributed by atoms with Gasteiger partial charge in [0.1, 0.15) is 5.15 Å². The van der Waals surface area contributed by atoms with E-state index in [0.29, 0.717) is 5.92 Å². The zero-order valence-corrected chi connectivity index (χ0v) is 12.0. The minimum atomic E-state index is 0.104. The minimum Gasteiger partial charge on any atom is -0.324 e. The predicted octanol–water partition coefficient (Wildman–Crippen LogP) is 2.80. The molecule has 0 amide bonds. The Hall–Kier alpha value is -1.32. The van der Waals surface area contributed by atoms with Crippen molar-refractivity contribution in [3.8, 4) is 0 Å². The van der Waals surface area contributed by atoms with Gasteiger partial charge in [-0.15, -0.1) is 0 Å². The highest BCUT2D eigenvalue weighted by Crippen LogP contribution is 2.37. The Morgan fingerprint density at radius 1 is 1.42 bits per heavy atom. The summed E-state index contributed by atoms with van der Waals surface area (Å²) in [6.07, 6.45) is 1.93. The van der Waals surface area contributed by atoms with Gasteiger partial charge < -0.3 is 5.73 Å². The summed E-state index contributed by atoms with van der Waals surface area (Å²) >= 11 is 6.31. The molecule has 1 aliphatic carbocycles. The van der Waals surface area contributed by atoms with Crippen molar-refractivity contribution in [3.63, 3.8) is 0 Å². The molecule has 4 heteroatoms. The molecule has 0 spiro atoms. The number of hydrogen-bond donors (Lipinski definition) is 1. The van der Waals surface area contributed by atoms with Gasteiger partial charge >= 0.3 is 0 Å². The van der Waals surface area contributed by atoms with Gasteiger partial charge in [0.25, 0.3) is 0 Å². The van der Waals surface area contributed by atoms with Crippen molar-refractivity contribution >= 4 is 11.6 Å². The van der Waals surface area contributed by atoms with Crippen molar-refractivity contribution in [1.82, 2.24) is 9.78 Å². The van der Waals surface area contributed by atoms with Crippen LogP contribution in [0.1, 0.15) is 28.4 Å². The predicted molar refractivity (Wildman–Crippen MR) is 77.2 cm³/mol. The van der Waals surface area contributed by atoms with Crippen molar-refractivity contribution in [3.05, 3.63) is 51.8 Å². The Labute approximate surface area is 118 Å². The first kappa shape index (κ1) is 12.7. The lowest BCUT2D eigenvalue weighted by Crippen LogP contribution is -2.19. The second-order valence-corrected chi connectivity index (χ2v) is 5.73. The van der Waals surface area contributed by atoms with Gasteiger partial charge in [-0.1, -0.05) is 35.9 Å². The monoisotopic (exact) mass is 275 g/mol. The summed E-state index contributed by atoms with van der Waals surface area (Å²) in [5, 5.41) is 5.11. The molecule has 0 saturated heterocycles. The third kappa shape index (κ3) is 2.07. The number of aryl methyl sites for hydroxylation is 2. The molecule has 2 N–H and O–H groups in total.